The Hall–Kier alpha value is -0.960. The lowest BCUT2D eigenvalue weighted by Crippen LogP contribution is -2.19. The van der Waals surface area contributed by atoms with Gasteiger partial charge in [0.2, 0.25) is 0 Å². The molecule has 0 saturated carbocycles. The van der Waals surface area contributed by atoms with Gasteiger partial charge in [0, 0.05) is 18.3 Å². The molecule has 0 fully saturated rings. The fraction of sp³-hybridized carbons (Fsp3) is 0.500. The highest BCUT2D eigenvalue weighted by Crippen LogP contribution is 2.03. The molecule has 1 rings (SSSR count). The van der Waals surface area contributed by atoms with Gasteiger partial charge in [-0.25, -0.2) is 4.39 Å². The van der Waals surface area contributed by atoms with Gasteiger partial charge in [-0.1, -0.05) is 13.8 Å². The summed E-state index contributed by atoms with van der Waals surface area (Å²) in [6.45, 7) is 5.72. The van der Waals surface area contributed by atoms with Crippen LogP contribution >= 0.6 is 0 Å². The molecule has 0 unspecified atom stereocenters. The van der Waals surface area contributed by atoms with Crippen LogP contribution in [0.15, 0.2) is 18.5 Å². The third kappa shape index (κ3) is 3.51. The molecule has 1 heterocycles. The van der Waals surface area contributed by atoms with Crippen molar-refractivity contribution in [2.75, 3.05) is 6.54 Å². The third-order valence-electron chi connectivity index (χ3n) is 1.72. The normalized spacial score (nSPS) is 10.8. The van der Waals surface area contributed by atoms with E-state index in [1.165, 1.54) is 6.20 Å². The summed E-state index contributed by atoms with van der Waals surface area (Å²) in [5.41, 5.74) is 0.677. The van der Waals surface area contributed by atoms with Crippen molar-refractivity contribution in [3.8, 4) is 0 Å². The minimum Gasteiger partial charge on any atom is -0.312 e. The first-order valence-electron chi connectivity index (χ1n) is 4.49. The number of rotatable bonds is 4. The molecular formula is C10H15FN2. The molecule has 3 heteroatoms. The molecule has 0 aliphatic heterocycles. The van der Waals surface area contributed by atoms with E-state index in [0.717, 1.165) is 6.54 Å². The summed E-state index contributed by atoms with van der Waals surface area (Å²) in [6.07, 6.45) is 2.85. The molecule has 0 aliphatic carbocycles. The molecule has 0 amide bonds. The SMILES string of the molecule is CC(C)CNCc1ccncc1F. The number of aromatic nitrogens is 1. The molecule has 0 radical (unpaired) electrons. The minimum absolute atomic E-state index is 0.237. The van der Waals surface area contributed by atoms with Crippen LogP contribution in [0.1, 0.15) is 19.4 Å². The number of halogens is 1. The van der Waals surface area contributed by atoms with Crippen molar-refractivity contribution in [3.05, 3.63) is 29.8 Å². The Morgan fingerprint density at radius 2 is 2.31 bits per heavy atom. The molecule has 13 heavy (non-hydrogen) atoms. The van der Waals surface area contributed by atoms with Crippen molar-refractivity contribution in [2.45, 2.75) is 20.4 Å². The Balaban J connectivity index is 2.41. The van der Waals surface area contributed by atoms with E-state index in [2.05, 4.69) is 24.1 Å². The first-order valence-corrected chi connectivity index (χ1v) is 4.49. The van der Waals surface area contributed by atoms with E-state index >= 15 is 0 Å². The van der Waals surface area contributed by atoms with Crippen molar-refractivity contribution in [2.24, 2.45) is 5.92 Å². The predicted molar refractivity (Wildman–Crippen MR) is 50.7 cm³/mol. The Morgan fingerprint density at radius 3 is 2.92 bits per heavy atom. The molecule has 2 nitrogen and oxygen atoms in total. The molecule has 1 aromatic rings. The van der Waals surface area contributed by atoms with Crippen LogP contribution in [0.3, 0.4) is 0 Å². The Bertz CT molecular complexity index is 261. The smallest absolute Gasteiger partial charge is 0.145 e. The zero-order valence-electron chi connectivity index (χ0n) is 8.05. The third-order valence-corrected chi connectivity index (χ3v) is 1.72. The van der Waals surface area contributed by atoms with Crippen molar-refractivity contribution in [1.82, 2.24) is 10.3 Å². The fourth-order valence-electron chi connectivity index (χ4n) is 1.04. The van der Waals surface area contributed by atoms with E-state index in [9.17, 15) is 4.39 Å². The topological polar surface area (TPSA) is 24.9 Å². The summed E-state index contributed by atoms with van der Waals surface area (Å²) in [7, 11) is 0. The average molecular weight is 182 g/mol. The standard InChI is InChI=1S/C10H15FN2/c1-8(2)5-13-6-9-3-4-12-7-10(9)11/h3-4,7-8,13H,5-6H2,1-2H3. The molecule has 72 valence electrons. The van der Waals surface area contributed by atoms with Crippen LogP contribution in [-0.4, -0.2) is 11.5 Å². The van der Waals surface area contributed by atoms with Crippen molar-refractivity contribution in [3.63, 3.8) is 0 Å². The Labute approximate surface area is 78.2 Å². The monoisotopic (exact) mass is 182 g/mol. The summed E-state index contributed by atoms with van der Waals surface area (Å²) >= 11 is 0. The van der Waals surface area contributed by atoms with Gasteiger partial charge >= 0.3 is 0 Å². The van der Waals surface area contributed by atoms with Crippen molar-refractivity contribution < 1.29 is 4.39 Å². The zero-order valence-corrected chi connectivity index (χ0v) is 8.05. The minimum atomic E-state index is -0.237. The maximum absolute atomic E-state index is 13.0. The number of hydrogen-bond acceptors (Lipinski definition) is 2. The maximum atomic E-state index is 13.0. The van der Waals surface area contributed by atoms with E-state index in [4.69, 9.17) is 0 Å². The molecule has 0 saturated heterocycles. The largest absolute Gasteiger partial charge is 0.312 e. The summed E-state index contributed by atoms with van der Waals surface area (Å²) < 4.78 is 13.0. The zero-order chi connectivity index (χ0) is 9.68. The second kappa shape index (κ2) is 4.92. The van der Waals surface area contributed by atoms with Gasteiger partial charge in [-0.2, -0.15) is 0 Å². The van der Waals surface area contributed by atoms with E-state index in [1.807, 2.05) is 0 Å². The summed E-state index contributed by atoms with van der Waals surface area (Å²) in [5.74, 6) is 0.351. The van der Waals surface area contributed by atoms with Gasteiger partial charge in [0.1, 0.15) is 5.82 Å². The molecule has 0 aliphatic rings. The highest BCUT2D eigenvalue weighted by Gasteiger charge is 2.00. The maximum Gasteiger partial charge on any atom is 0.145 e. The van der Waals surface area contributed by atoms with E-state index in [0.29, 0.717) is 18.0 Å². The molecular weight excluding hydrogens is 167 g/mol. The lowest BCUT2D eigenvalue weighted by atomic mass is 10.2. The molecule has 1 N–H and O–H groups in total. The first kappa shape index (κ1) is 10.1. The second-order valence-corrected chi connectivity index (χ2v) is 3.49. The van der Waals surface area contributed by atoms with Crippen LogP contribution in [0.5, 0.6) is 0 Å². The molecule has 0 bridgehead atoms. The van der Waals surface area contributed by atoms with Gasteiger partial charge in [-0.05, 0) is 18.5 Å². The Morgan fingerprint density at radius 1 is 1.54 bits per heavy atom. The average Bonchev–Trinajstić information content (AvgIpc) is 2.08. The highest BCUT2D eigenvalue weighted by molar-refractivity contribution is 5.11. The lowest BCUT2D eigenvalue weighted by molar-refractivity contribution is 0.533. The van der Waals surface area contributed by atoms with Gasteiger partial charge in [0.15, 0.2) is 0 Å². The summed E-state index contributed by atoms with van der Waals surface area (Å²) in [6, 6.07) is 1.70. The van der Waals surface area contributed by atoms with Crippen LogP contribution < -0.4 is 5.32 Å². The van der Waals surface area contributed by atoms with Crippen LogP contribution in [-0.2, 0) is 6.54 Å². The quantitative estimate of drug-likeness (QED) is 0.770. The number of hydrogen-bond donors (Lipinski definition) is 1. The molecule has 0 aromatic carbocycles. The van der Waals surface area contributed by atoms with Gasteiger partial charge < -0.3 is 5.32 Å². The first-order chi connectivity index (χ1) is 6.20. The van der Waals surface area contributed by atoms with E-state index in [1.54, 1.807) is 12.3 Å². The number of pyridine rings is 1. The van der Waals surface area contributed by atoms with E-state index in [-0.39, 0.29) is 5.82 Å². The lowest BCUT2D eigenvalue weighted by Gasteiger charge is -2.07. The molecule has 0 spiro atoms. The number of nitrogens with one attached hydrogen (secondary N) is 1. The predicted octanol–water partition coefficient (Wildman–Crippen LogP) is 1.97. The van der Waals surface area contributed by atoms with E-state index < -0.39 is 0 Å². The van der Waals surface area contributed by atoms with Gasteiger partial charge in [-0.15, -0.1) is 0 Å². The number of nitrogens with zero attached hydrogens (tertiary/aromatic N) is 1. The molecule has 0 atom stereocenters. The van der Waals surface area contributed by atoms with Crippen molar-refractivity contribution >= 4 is 0 Å². The van der Waals surface area contributed by atoms with Crippen LogP contribution in [0.4, 0.5) is 4.39 Å². The van der Waals surface area contributed by atoms with Crippen LogP contribution in [0.2, 0.25) is 0 Å². The summed E-state index contributed by atoms with van der Waals surface area (Å²) in [5, 5.41) is 3.17. The van der Waals surface area contributed by atoms with Gasteiger partial charge in [0.25, 0.3) is 0 Å². The van der Waals surface area contributed by atoms with Crippen LogP contribution in [0.25, 0.3) is 0 Å². The van der Waals surface area contributed by atoms with Crippen molar-refractivity contribution in [1.29, 1.82) is 0 Å². The summed E-state index contributed by atoms with van der Waals surface area (Å²) in [4.78, 5) is 3.69. The second-order valence-electron chi connectivity index (χ2n) is 3.49. The van der Waals surface area contributed by atoms with Crippen LogP contribution in [0, 0.1) is 11.7 Å². The highest BCUT2D eigenvalue weighted by atomic mass is 19.1. The fourth-order valence-corrected chi connectivity index (χ4v) is 1.04. The van der Waals surface area contributed by atoms with Gasteiger partial charge in [-0.3, -0.25) is 4.98 Å². The van der Waals surface area contributed by atoms with Gasteiger partial charge in [0.05, 0.1) is 6.20 Å². The Kier molecular flexibility index (Phi) is 3.83. The molecule has 1 aromatic heterocycles.